The van der Waals surface area contributed by atoms with E-state index < -0.39 is 11.8 Å². The molecule has 0 saturated heterocycles. The fourth-order valence-corrected chi connectivity index (χ4v) is 8.76. The minimum absolute atomic E-state index is 0.0215. The summed E-state index contributed by atoms with van der Waals surface area (Å²) in [4.78, 5) is 24.1. The first-order valence-electron chi connectivity index (χ1n) is 13.7. The highest BCUT2D eigenvalue weighted by molar-refractivity contribution is 6.33. The molecule has 0 N–H and O–H groups in total. The molecular weight excluding hydrogens is 460 g/mol. The number of allylic oxidation sites excluding steroid dienone is 2. The minimum Gasteiger partial charge on any atom is -0.463 e. The van der Waals surface area contributed by atoms with Gasteiger partial charge < -0.3 is 23.7 Å². The lowest BCUT2D eigenvalue weighted by atomic mass is 9.43. The molecule has 0 aliphatic heterocycles. The Labute approximate surface area is 216 Å². The molecule has 0 aromatic rings. The monoisotopic (exact) mass is 506 g/mol. The normalized spacial score (nSPS) is 40.4. The topological polar surface area (TPSA) is 80.3 Å². The van der Waals surface area contributed by atoms with E-state index in [2.05, 4.69) is 31.6 Å². The van der Waals surface area contributed by atoms with Gasteiger partial charge >= 0.3 is 5.97 Å². The van der Waals surface area contributed by atoms with Crippen LogP contribution in [0.3, 0.4) is 0 Å². The Balaban J connectivity index is 1.56. The van der Waals surface area contributed by atoms with Crippen LogP contribution in [0.1, 0.15) is 72.1 Å². The maximum atomic E-state index is 12.3. The van der Waals surface area contributed by atoms with Crippen LogP contribution in [0.5, 0.6) is 0 Å². The molecule has 3 saturated carbocycles. The lowest BCUT2D eigenvalue weighted by molar-refractivity contribution is -0.209. The molecule has 0 spiro atoms. The molecule has 4 unspecified atom stereocenters. The molecule has 0 heterocycles. The number of methoxy groups -OCH3 is 3. The van der Waals surface area contributed by atoms with Crippen LogP contribution >= 0.6 is 0 Å². The molecule has 4 aliphatic carbocycles. The quantitative estimate of drug-likeness (QED) is 0.180. The van der Waals surface area contributed by atoms with Gasteiger partial charge in [-0.1, -0.05) is 32.4 Å². The zero-order valence-corrected chi connectivity index (χ0v) is 23.0. The van der Waals surface area contributed by atoms with Crippen molar-refractivity contribution < 1.29 is 33.3 Å². The van der Waals surface area contributed by atoms with Gasteiger partial charge in [0.1, 0.15) is 13.6 Å². The molecule has 4 rings (SSSR count). The van der Waals surface area contributed by atoms with Crippen LogP contribution in [0.25, 0.3) is 0 Å². The summed E-state index contributed by atoms with van der Waals surface area (Å²) in [7, 11) is 4.65. The highest BCUT2D eigenvalue weighted by Crippen LogP contribution is 2.67. The van der Waals surface area contributed by atoms with Crippen molar-refractivity contribution in [2.45, 2.75) is 84.3 Å². The van der Waals surface area contributed by atoms with E-state index in [0.717, 1.165) is 38.5 Å². The molecule has 0 amide bonds. The fraction of sp³-hybridized carbons (Fsp3) is 0.862. The first-order valence-corrected chi connectivity index (χ1v) is 13.7. The number of carbonyl (C=O) groups is 2. The molecular formula is C29H46O7. The van der Waals surface area contributed by atoms with Gasteiger partial charge in [-0.3, -0.25) is 4.79 Å². The van der Waals surface area contributed by atoms with Gasteiger partial charge in [0.25, 0.3) is 0 Å². The maximum Gasteiger partial charge on any atom is 0.374 e. The average molecular weight is 507 g/mol. The van der Waals surface area contributed by atoms with Gasteiger partial charge in [-0.25, -0.2) is 4.79 Å². The molecule has 7 heteroatoms. The van der Waals surface area contributed by atoms with Crippen molar-refractivity contribution in [3.05, 3.63) is 11.6 Å². The molecule has 0 aromatic carbocycles. The van der Waals surface area contributed by atoms with Crippen molar-refractivity contribution in [3.63, 3.8) is 0 Å². The lowest BCUT2D eigenvalue weighted by Gasteiger charge is -2.63. The minimum atomic E-state index is -0.741. The second-order valence-corrected chi connectivity index (χ2v) is 12.2. The molecule has 204 valence electrons. The van der Waals surface area contributed by atoms with Crippen molar-refractivity contribution in [2.75, 3.05) is 34.9 Å². The van der Waals surface area contributed by atoms with Crippen molar-refractivity contribution in [2.24, 2.45) is 40.4 Å². The summed E-state index contributed by atoms with van der Waals surface area (Å²) < 4.78 is 27.7. The second-order valence-electron chi connectivity index (χ2n) is 12.2. The van der Waals surface area contributed by atoms with E-state index in [1.807, 2.05) is 0 Å². The Morgan fingerprint density at radius 2 is 1.72 bits per heavy atom. The summed E-state index contributed by atoms with van der Waals surface area (Å²) >= 11 is 0. The molecule has 0 bridgehead atoms. The second kappa shape index (κ2) is 11.2. The van der Waals surface area contributed by atoms with E-state index in [4.69, 9.17) is 18.9 Å². The van der Waals surface area contributed by atoms with Crippen molar-refractivity contribution in [3.8, 4) is 0 Å². The van der Waals surface area contributed by atoms with E-state index in [1.165, 1.54) is 19.1 Å². The van der Waals surface area contributed by atoms with Crippen molar-refractivity contribution in [1.29, 1.82) is 0 Å². The van der Waals surface area contributed by atoms with E-state index >= 15 is 0 Å². The molecule has 36 heavy (non-hydrogen) atoms. The van der Waals surface area contributed by atoms with Crippen LogP contribution in [0.2, 0.25) is 0 Å². The highest BCUT2D eigenvalue weighted by Gasteiger charge is 2.62. The third-order valence-electron chi connectivity index (χ3n) is 10.5. The third kappa shape index (κ3) is 4.93. The smallest absolute Gasteiger partial charge is 0.374 e. The number of esters is 1. The first kappa shape index (κ1) is 27.7. The number of ether oxygens (including phenoxy) is 5. The van der Waals surface area contributed by atoms with Gasteiger partial charge in [0.15, 0.2) is 0 Å². The molecule has 4 aliphatic rings. The maximum absolute atomic E-state index is 12.3. The van der Waals surface area contributed by atoms with Crippen LogP contribution in [0, 0.1) is 40.4 Å². The Morgan fingerprint density at radius 1 is 1.00 bits per heavy atom. The van der Waals surface area contributed by atoms with Crippen LogP contribution in [0.15, 0.2) is 11.6 Å². The Hall–Kier alpha value is -1.28. The summed E-state index contributed by atoms with van der Waals surface area (Å²) in [5, 5.41) is 0. The third-order valence-corrected chi connectivity index (χ3v) is 10.5. The SMILES string of the molecule is COCO[C@@H]1CCC2(C)C(C1)C[C@@H](OCOC)C1C2CC[C@]2(C)C([C@H](C)CC(=O)C(=O)OC)=CC[C@@H]12. The summed E-state index contributed by atoms with van der Waals surface area (Å²) in [5.41, 5.74) is 1.65. The van der Waals surface area contributed by atoms with Gasteiger partial charge in [-0.2, -0.15) is 0 Å². The van der Waals surface area contributed by atoms with Crippen LogP contribution in [-0.4, -0.2) is 58.9 Å². The van der Waals surface area contributed by atoms with Gasteiger partial charge in [-0.15, -0.1) is 0 Å². The standard InChI is InChI=1S/C29H46O7/c1-18(13-24(30)27(31)34-6)21-7-8-22-26-23(10-12-29(21,22)3)28(2)11-9-20(35-16-32-4)14-19(28)15-25(26)36-17-33-5/h7,18-20,22-23,25-26H,8-17H2,1-6H3/t18-,19?,20-,22+,23?,25-,26?,28?,29-/m1/s1. The van der Waals surface area contributed by atoms with Crippen LogP contribution in [-0.2, 0) is 33.3 Å². The number of rotatable bonds is 10. The van der Waals surface area contributed by atoms with E-state index in [1.54, 1.807) is 14.2 Å². The fourth-order valence-electron chi connectivity index (χ4n) is 8.76. The van der Waals surface area contributed by atoms with Crippen LogP contribution < -0.4 is 0 Å². The molecule has 9 atom stereocenters. The van der Waals surface area contributed by atoms with Gasteiger partial charge in [-0.05, 0) is 85.4 Å². The zero-order chi connectivity index (χ0) is 26.1. The summed E-state index contributed by atoms with van der Waals surface area (Å²) in [5.74, 6) is 0.939. The Morgan fingerprint density at radius 3 is 2.42 bits per heavy atom. The first-order chi connectivity index (χ1) is 17.2. The zero-order valence-electron chi connectivity index (χ0n) is 23.0. The van der Waals surface area contributed by atoms with Gasteiger partial charge in [0.2, 0.25) is 5.78 Å². The lowest BCUT2D eigenvalue weighted by Crippen LogP contribution is -2.59. The van der Waals surface area contributed by atoms with E-state index in [9.17, 15) is 9.59 Å². The van der Waals surface area contributed by atoms with Crippen LogP contribution in [0.4, 0.5) is 0 Å². The van der Waals surface area contributed by atoms with Gasteiger partial charge in [0.05, 0.1) is 19.3 Å². The van der Waals surface area contributed by atoms with E-state index in [0.29, 0.717) is 37.3 Å². The Kier molecular flexibility index (Phi) is 8.65. The summed E-state index contributed by atoms with van der Waals surface area (Å²) in [6, 6.07) is 0. The number of Topliss-reactive ketones (excluding diaryl/α,β-unsaturated/α-hetero) is 1. The number of hydrogen-bond donors (Lipinski definition) is 0. The molecule has 0 aromatic heterocycles. The predicted molar refractivity (Wildman–Crippen MR) is 135 cm³/mol. The average Bonchev–Trinajstić information content (AvgIpc) is 3.22. The Bertz CT molecular complexity index is 839. The number of carbonyl (C=O) groups excluding carboxylic acids is 2. The molecule has 7 nitrogen and oxygen atoms in total. The molecule has 0 radical (unpaired) electrons. The van der Waals surface area contributed by atoms with Gasteiger partial charge in [0, 0.05) is 20.6 Å². The summed E-state index contributed by atoms with van der Waals surface area (Å²) in [6.45, 7) is 7.68. The highest BCUT2D eigenvalue weighted by atomic mass is 16.7. The van der Waals surface area contributed by atoms with Crippen molar-refractivity contribution >= 4 is 11.8 Å². The van der Waals surface area contributed by atoms with Crippen molar-refractivity contribution in [1.82, 2.24) is 0 Å². The number of fused-ring (bicyclic) bond motifs is 5. The molecule has 3 fully saturated rings. The predicted octanol–water partition coefficient (Wildman–Crippen LogP) is 4.92. The van der Waals surface area contributed by atoms with E-state index in [-0.39, 0.29) is 35.4 Å². The largest absolute Gasteiger partial charge is 0.463 e. The number of ketones is 1. The number of hydrogen-bond acceptors (Lipinski definition) is 7. The summed E-state index contributed by atoms with van der Waals surface area (Å²) in [6.07, 6.45) is 10.6.